The van der Waals surface area contributed by atoms with Gasteiger partial charge in [-0.25, -0.2) is 9.67 Å². The lowest BCUT2D eigenvalue weighted by Gasteiger charge is -2.15. The lowest BCUT2D eigenvalue weighted by atomic mass is 10.2. The van der Waals surface area contributed by atoms with Crippen LogP contribution >= 0.6 is 0 Å². The van der Waals surface area contributed by atoms with Gasteiger partial charge in [-0.05, 0) is 30.3 Å². The average molecular weight is 386 g/mol. The first kappa shape index (κ1) is 19.0. The Morgan fingerprint density at radius 3 is 2.85 bits per heavy atom. The highest BCUT2D eigenvalue weighted by Gasteiger charge is 2.15. The third-order valence-corrected chi connectivity index (χ3v) is 5.80. The van der Waals surface area contributed by atoms with Gasteiger partial charge >= 0.3 is 5.69 Å². The molecule has 3 rings (SSSR count). The molecule has 0 fully saturated rings. The second-order valence-corrected chi connectivity index (χ2v) is 13.1. The molecule has 2 aromatic heterocycles. The molecule has 27 heavy (non-hydrogen) atoms. The second kappa shape index (κ2) is 7.85. The van der Waals surface area contributed by atoms with Gasteiger partial charge in [0.15, 0.2) is 0 Å². The van der Waals surface area contributed by atoms with Crippen LogP contribution in [0.4, 0.5) is 17.2 Å². The molecule has 0 bridgehead atoms. The number of fused-ring (bicyclic) bond motifs is 1. The van der Waals surface area contributed by atoms with E-state index >= 15 is 0 Å². The number of nitro groups is 1. The molecular formula is C18H23N5O3Si. The Kier molecular flexibility index (Phi) is 5.52. The SMILES string of the molecule is C[Si](C)(C)CCOCn1ncc2cc(Nc3ncccc3[N+](=O)[O-])ccc21. The van der Waals surface area contributed by atoms with Crippen LogP contribution in [0, 0.1) is 10.1 Å². The number of aromatic nitrogens is 3. The van der Waals surface area contributed by atoms with E-state index < -0.39 is 13.0 Å². The number of ether oxygens (including phenoxy) is 1. The molecule has 0 unspecified atom stereocenters. The van der Waals surface area contributed by atoms with E-state index in [0.29, 0.717) is 12.4 Å². The van der Waals surface area contributed by atoms with Crippen molar-refractivity contribution in [1.29, 1.82) is 0 Å². The van der Waals surface area contributed by atoms with Gasteiger partial charge in [0.2, 0.25) is 5.82 Å². The predicted octanol–water partition coefficient (Wildman–Crippen LogP) is 4.40. The molecule has 2 heterocycles. The Labute approximate surface area is 158 Å². The van der Waals surface area contributed by atoms with Gasteiger partial charge in [0.1, 0.15) is 6.73 Å². The molecule has 0 aliphatic heterocycles. The predicted molar refractivity (Wildman–Crippen MR) is 108 cm³/mol. The van der Waals surface area contributed by atoms with E-state index in [2.05, 4.69) is 35.0 Å². The standard InChI is InChI=1S/C18H23N5O3Si/c1-27(2,3)10-9-26-13-22-16-7-6-15(11-14(16)12-20-22)21-18-17(23(24)25)5-4-8-19-18/h4-8,11-12H,9-10,13H2,1-3H3,(H,19,21). The smallest absolute Gasteiger partial charge is 0.311 e. The molecule has 0 saturated carbocycles. The summed E-state index contributed by atoms with van der Waals surface area (Å²) in [6, 6.07) is 9.73. The molecule has 0 atom stereocenters. The van der Waals surface area contributed by atoms with Gasteiger partial charge < -0.3 is 10.1 Å². The molecule has 0 aliphatic carbocycles. The fourth-order valence-corrected chi connectivity index (χ4v) is 3.33. The van der Waals surface area contributed by atoms with E-state index in [-0.39, 0.29) is 11.5 Å². The largest absolute Gasteiger partial charge is 0.360 e. The highest BCUT2D eigenvalue weighted by Crippen LogP contribution is 2.26. The monoisotopic (exact) mass is 385 g/mol. The average Bonchev–Trinajstić information content (AvgIpc) is 3.00. The number of pyridine rings is 1. The van der Waals surface area contributed by atoms with Crippen molar-refractivity contribution in [3.8, 4) is 0 Å². The summed E-state index contributed by atoms with van der Waals surface area (Å²) in [4.78, 5) is 14.7. The number of hydrogen-bond acceptors (Lipinski definition) is 6. The molecule has 1 aromatic carbocycles. The highest BCUT2D eigenvalue weighted by atomic mass is 28.3. The molecule has 8 nitrogen and oxygen atoms in total. The first-order chi connectivity index (χ1) is 12.8. The zero-order chi connectivity index (χ0) is 19.4. The van der Waals surface area contributed by atoms with Gasteiger partial charge in [-0.2, -0.15) is 5.10 Å². The molecule has 142 valence electrons. The van der Waals surface area contributed by atoms with Gasteiger partial charge in [0.05, 0.1) is 16.6 Å². The van der Waals surface area contributed by atoms with Crippen molar-refractivity contribution in [2.24, 2.45) is 0 Å². The van der Waals surface area contributed by atoms with Crippen molar-refractivity contribution in [3.63, 3.8) is 0 Å². The van der Waals surface area contributed by atoms with E-state index in [1.165, 1.54) is 12.3 Å². The third-order valence-electron chi connectivity index (χ3n) is 4.10. The number of benzene rings is 1. The van der Waals surface area contributed by atoms with Crippen molar-refractivity contribution in [3.05, 3.63) is 52.8 Å². The van der Waals surface area contributed by atoms with Gasteiger partial charge in [0, 0.05) is 38.0 Å². The number of hydrogen-bond donors (Lipinski definition) is 1. The Morgan fingerprint density at radius 2 is 2.11 bits per heavy atom. The fourth-order valence-electron chi connectivity index (χ4n) is 2.57. The first-order valence-corrected chi connectivity index (χ1v) is 12.4. The molecule has 0 saturated heterocycles. The Hall–Kier alpha value is -2.78. The van der Waals surface area contributed by atoms with Crippen molar-refractivity contribution < 1.29 is 9.66 Å². The van der Waals surface area contributed by atoms with Crippen LogP contribution in [0.3, 0.4) is 0 Å². The van der Waals surface area contributed by atoms with E-state index in [4.69, 9.17) is 4.74 Å². The quantitative estimate of drug-likeness (QED) is 0.267. The van der Waals surface area contributed by atoms with Crippen LogP contribution in [0.1, 0.15) is 0 Å². The van der Waals surface area contributed by atoms with Crippen LogP contribution in [0.15, 0.2) is 42.7 Å². The normalized spacial score (nSPS) is 11.7. The van der Waals surface area contributed by atoms with Gasteiger partial charge in [-0.3, -0.25) is 10.1 Å². The number of nitrogens with zero attached hydrogens (tertiary/aromatic N) is 4. The van der Waals surface area contributed by atoms with Crippen LogP contribution in [-0.4, -0.2) is 34.4 Å². The van der Waals surface area contributed by atoms with Crippen molar-refractivity contribution in [2.45, 2.75) is 32.4 Å². The summed E-state index contributed by atoms with van der Waals surface area (Å²) in [7, 11) is -1.11. The van der Waals surface area contributed by atoms with Crippen LogP contribution in [0.2, 0.25) is 25.7 Å². The Bertz CT molecular complexity index is 952. The molecule has 0 radical (unpaired) electrons. The minimum Gasteiger partial charge on any atom is -0.360 e. The minimum atomic E-state index is -1.11. The molecule has 1 N–H and O–H groups in total. The van der Waals surface area contributed by atoms with E-state index in [9.17, 15) is 10.1 Å². The topological polar surface area (TPSA) is 95.1 Å². The van der Waals surface area contributed by atoms with E-state index in [0.717, 1.165) is 23.6 Å². The maximum absolute atomic E-state index is 11.1. The van der Waals surface area contributed by atoms with Crippen LogP contribution < -0.4 is 5.32 Å². The summed E-state index contributed by atoms with van der Waals surface area (Å²) in [5.41, 5.74) is 1.59. The summed E-state index contributed by atoms with van der Waals surface area (Å²) < 4.78 is 7.58. The van der Waals surface area contributed by atoms with E-state index in [1.54, 1.807) is 12.3 Å². The molecular weight excluding hydrogens is 362 g/mol. The number of rotatable bonds is 8. The Morgan fingerprint density at radius 1 is 1.30 bits per heavy atom. The summed E-state index contributed by atoms with van der Waals surface area (Å²) in [5, 5.41) is 19.4. The third kappa shape index (κ3) is 4.89. The zero-order valence-corrected chi connectivity index (χ0v) is 16.7. The summed E-state index contributed by atoms with van der Waals surface area (Å²) in [6.45, 7) is 8.10. The van der Waals surface area contributed by atoms with Gasteiger partial charge in [0.25, 0.3) is 0 Å². The van der Waals surface area contributed by atoms with Crippen molar-refractivity contribution >= 4 is 36.2 Å². The number of nitrogens with one attached hydrogen (secondary N) is 1. The molecule has 3 aromatic rings. The van der Waals surface area contributed by atoms with Gasteiger partial charge in [-0.15, -0.1) is 0 Å². The lowest BCUT2D eigenvalue weighted by Crippen LogP contribution is -2.22. The molecule has 0 spiro atoms. The van der Waals surface area contributed by atoms with Crippen LogP contribution in [-0.2, 0) is 11.5 Å². The summed E-state index contributed by atoms with van der Waals surface area (Å²) >= 11 is 0. The van der Waals surface area contributed by atoms with Gasteiger partial charge in [-0.1, -0.05) is 19.6 Å². The fraction of sp³-hybridized carbons (Fsp3) is 0.333. The highest BCUT2D eigenvalue weighted by molar-refractivity contribution is 6.76. The first-order valence-electron chi connectivity index (χ1n) is 8.73. The minimum absolute atomic E-state index is 0.0657. The summed E-state index contributed by atoms with van der Waals surface area (Å²) in [6.07, 6.45) is 3.28. The Balaban J connectivity index is 1.71. The van der Waals surface area contributed by atoms with Crippen LogP contribution in [0.25, 0.3) is 10.9 Å². The maximum atomic E-state index is 11.1. The zero-order valence-electron chi connectivity index (χ0n) is 15.7. The number of anilines is 2. The summed E-state index contributed by atoms with van der Waals surface area (Å²) in [5.74, 6) is 0.212. The molecule has 0 amide bonds. The second-order valence-electron chi connectivity index (χ2n) is 7.52. The van der Waals surface area contributed by atoms with Crippen LogP contribution in [0.5, 0.6) is 0 Å². The van der Waals surface area contributed by atoms with Crippen molar-refractivity contribution in [1.82, 2.24) is 14.8 Å². The maximum Gasteiger partial charge on any atom is 0.311 e. The lowest BCUT2D eigenvalue weighted by molar-refractivity contribution is -0.384. The van der Waals surface area contributed by atoms with Crippen molar-refractivity contribution in [2.75, 3.05) is 11.9 Å². The molecule has 0 aliphatic rings. The molecule has 9 heteroatoms. The van der Waals surface area contributed by atoms with E-state index in [1.807, 2.05) is 22.9 Å².